The van der Waals surface area contributed by atoms with Crippen molar-refractivity contribution in [2.24, 2.45) is 0 Å². The van der Waals surface area contributed by atoms with Crippen LogP contribution in [0.15, 0.2) is 22.7 Å². The number of nitrogens with zero attached hydrogens (tertiary/aromatic N) is 1. The lowest BCUT2D eigenvalue weighted by Crippen LogP contribution is -2.28. The van der Waals surface area contributed by atoms with Gasteiger partial charge in [0.05, 0.1) is 10.6 Å². The van der Waals surface area contributed by atoms with Crippen molar-refractivity contribution in [2.75, 3.05) is 7.05 Å². The fourth-order valence-electron chi connectivity index (χ4n) is 1.49. The van der Waals surface area contributed by atoms with Gasteiger partial charge in [-0.2, -0.15) is 0 Å². The summed E-state index contributed by atoms with van der Waals surface area (Å²) in [6.45, 7) is 0. The molecule has 4 heteroatoms. The molecule has 0 bridgehead atoms. The lowest BCUT2D eigenvalue weighted by atomic mass is 10.2. The van der Waals surface area contributed by atoms with E-state index in [4.69, 9.17) is 11.6 Å². The lowest BCUT2D eigenvalue weighted by molar-refractivity contribution is 0.0784. The molecule has 2 rings (SSSR count). The summed E-state index contributed by atoms with van der Waals surface area (Å²) in [5.41, 5.74) is 0.636. The van der Waals surface area contributed by atoms with Crippen LogP contribution in [0.3, 0.4) is 0 Å². The maximum absolute atomic E-state index is 12.0. The molecule has 0 heterocycles. The highest BCUT2D eigenvalue weighted by Crippen LogP contribution is 2.31. The van der Waals surface area contributed by atoms with Gasteiger partial charge in [0.2, 0.25) is 0 Å². The zero-order valence-electron chi connectivity index (χ0n) is 8.34. The van der Waals surface area contributed by atoms with Gasteiger partial charge >= 0.3 is 0 Å². The van der Waals surface area contributed by atoms with Crippen LogP contribution in [0.5, 0.6) is 0 Å². The molecule has 0 aliphatic heterocycles. The van der Waals surface area contributed by atoms with Crippen LogP contribution >= 0.6 is 27.5 Å². The van der Waals surface area contributed by atoms with Crippen molar-refractivity contribution in [1.29, 1.82) is 0 Å². The molecular weight excluding hydrogens is 277 g/mol. The molecule has 0 aromatic heterocycles. The fourth-order valence-corrected chi connectivity index (χ4v) is 2.10. The quantitative estimate of drug-likeness (QED) is 0.817. The monoisotopic (exact) mass is 287 g/mol. The topological polar surface area (TPSA) is 20.3 Å². The fraction of sp³-hybridized carbons (Fsp3) is 0.364. The molecular formula is C11H11BrClNO. The molecule has 0 radical (unpaired) electrons. The molecule has 80 valence electrons. The van der Waals surface area contributed by atoms with Gasteiger partial charge in [-0.05, 0) is 40.9 Å². The third kappa shape index (κ3) is 2.18. The average Bonchev–Trinajstić information content (AvgIpc) is 3.03. The summed E-state index contributed by atoms with van der Waals surface area (Å²) in [6.07, 6.45) is 2.22. The molecule has 1 aromatic rings. The minimum atomic E-state index is 0.0341. The average molecular weight is 289 g/mol. The van der Waals surface area contributed by atoms with Crippen LogP contribution in [-0.4, -0.2) is 23.9 Å². The van der Waals surface area contributed by atoms with Crippen LogP contribution in [0.1, 0.15) is 23.2 Å². The van der Waals surface area contributed by atoms with Crippen LogP contribution in [0.2, 0.25) is 5.02 Å². The summed E-state index contributed by atoms with van der Waals surface area (Å²) < 4.78 is 0.684. The zero-order valence-corrected chi connectivity index (χ0v) is 10.7. The van der Waals surface area contributed by atoms with E-state index in [-0.39, 0.29) is 5.91 Å². The molecule has 0 unspecified atom stereocenters. The minimum absolute atomic E-state index is 0.0341. The summed E-state index contributed by atoms with van der Waals surface area (Å²) in [5.74, 6) is 0.0341. The van der Waals surface area contributed by atoms with Crippen LogP contribution in [0, 0.1) is 0 Å². The van der Waals surface area contributed by atoms with Gasteiger partial charge in [0, 0.05) is 17.6 Å². The van der Waals surface area contributed by atoms with E-state index in [9.17, 15) is 4.79 Å². The Balaban J connectivity index is 2.28. The van der Waals surface area contributed by atoms with Crippen molar-refractivity contribution in [1.82, 2.24) is 4.90 Å². The first-order valence-corrected chi connectivity index (χ1v) is 5.99. The lowest BCUT2D eigenvalue weighted by Gasteiger charge is -2.17. The Morgan fingerprint density at radius 3 is 2.80 bits per heavy atom. The van der Waals surface area contributed by atoms with Crippen LogP contribution in [-0.2, 0) is 0 Å². The molecule has 1 aliphatic carbocycles. The number of benzene rings is 1. The summed E-state index contributed by atoms with van der Waals surface area (Å²) in [4.78, 5) is 13.8. The number of carbonyl (C=O) groups excluding carboxylic acids is 1. The van der Waals surface area contributed by atoms with Crippen molar-refractivity contribution in [3.05, 3.63) is 33.3 Å². The highest BCUT2D eigenvalue weighted by molar-refractivity contribution is 9.10. The first kappa shape index (κ1) is 11.0. The second-order valence-electron chi connectivity index (χ2n) is 3.75. The van der Waals surface area contributed by atoms with Gasteiger partial charge in [-0.25, -0.2) is 0 Å². The Kier molecular flexibility index (Phi) is 3.03. The van der Waals surface area contributed by atoms with Gasteiger partial charge in [-0.15, -0.1) is 0 Å². The van der Waals surface area contributed by atoms with Gasteiger partial charge in [-0.3, -0.25) is 4.79 Å². The van der Waals surface area contributed by atoms with Crippen LogP contribution in [0.25, 0.3) is 0 Å². The SMILES string of the molecule is CN(C(=O)c1cccc(Cl)c1Br)C1CC1. The Bertz CT molecular complexity index is 404. The number of halogens is 2. The molecule has 1 fully saturated rings. The standard InChI is InChI=1S/C11H11BrClNO/c1-14(7-5-6-7)11(15)8-3-2-4-9(13)10(8)12/h2-4,7H,5-6H2,1H3. The highest BCUT2D eigenvalue weighted by Gasteiger charge is 2.30. The van der Waals surface area contributed by atoms with Crippen molar-refractivity contribution in [3.63, 3.8) is 0 Å². The Hall–Kier alpha value is -0.540. The molecule has 0 saturated heterocycles. The predicted octanol–water partition coefficient (Wildman–Crippen LogP) is 3.34. The smallest absolute Gasteiger partial charge is 0.255 e. The van der Waals surface area contributed by atoms with Crippen molar-refractivity contribution in [3.8, 4) is 0 Å². The molecule has 1 amide bonds. The molecule has 1 aliphatic rings. The van der Waals surface area contributed by atoms with E-state index in [1.54, 1.807) is 23.1 Å². The second kappa shape index (κ2) is 4.14. The number of carbonyl (C=O) groups is 1. The second-order valence-corrected chi connectivity index (χ2v) is 4.95. The third-order valence-electron chi connectivity index (χ3n) is 2.60. The van der Waals surface area contributed by atoms with E-state index < -0.39 is 0 Å². The predicted molar refractivity (Wildman–Crippen MR) is 64.3 cm³/mol. The molecule has 2 nitrogen and oxygen atoms in total. The van der Waals surface area contributed by atoms with E-state index in [1.165, 1.54) is 0 Å². The van der Waals surface area contributed by atoms with E-state index in [0.29, 0.717) is 21.1 Å². The van der Waals surface area contributed by atoms with E-state index in [2.05, 4.69) is 15.9 Å². The van der Waals surface area contributed by atoms with Gasteiger partial charge in [0.15, 0.2) is 0 Å². The van der Waals surface area contributed by atoms with Crippen molar-refractivity contribution >= 4 is 33.4 Å². The van der Waals surface area contributed by atoms with E-state index >= 15 is 0 Å². The maximum atomic E-state index is 12.0. The summed E-state index contributed by atoms with van der Waals surface area (Å²) in [5, 5.41) is 0.574. The first-order valence-electron chi connectivity index (χ1n) is 4.82. The molecule has 15 heavy (non-hydrogen) atoms. The van der Waals surface area contributed by atoms with Gasteiger partial charge in [0.1, 0.15) is 0 Å². The van der Waals surface area contributed by atoms with Gasteiger partial charge in [-0.1, -0.05) is 17.7 Å². The van der Waals surface area contributed by atoms with E-state index in [0.717, 1.165) is 12.8 Å². The Morgan fingerprint density at radius 1 is 1.53 bits per heavy atom. The number of amides is 1. The van der Waals surface area contributed by atoms with Gasteiger partial charge in [0.25, 0.3) is 5.91 Å². The number of rotatable bonds is 2. The molecule has 0 spiro atoms. The number of hydrogen-bond acceptors (Lipinski definition) is 1. The van der Waals surface area contributed by atoms with Crippen molar-refractivity contribution < 1.29 is 4.79 Å². The minimum Gasteiger partial charge on any atom is -0.339 e. The van der Waals surface area contributed by atoms with Crippen LogP contribution < -0.4 is 0 Å². The summed E-state index contributed by atoms with van der Waals surface area (Å²) >= 11 is 9.28. The first-order chi connectivity index (χ1) is 7.11. The molecule has 1 aromatic carbocycles. The largest absolute Gasteiger partial charge is 0.339 e. The zero-order chi connectivity index (χ0) is 11.0. The summed E-state index contributed by atoms with van der Waals surface area (Å²) in [6, 6.07) is 5.76. The maximum Gasteiger partial charge on any atom is 0.255 e. The highest BCUT2D eigenvalue weighted by atomic mass is 79.9. The third-order valence-corrected chi connectivity index (χ3v) is 3.99. The van der Waals surface area contributed by atoms with Crippen LogP contribution in [0.4, 0.5) is 0 Å². The molecule has 0 atom stereocenters. The molecule has 0 N–H and O–H groups in total. The molecule has 1 saturated carbocycles. The van der Waals surface area contributed by atoms with Crippen molar-refractivity contribution in [2.45, 2.75) is 18.9 Å². The van der Waals surface area contributed by atoms with Gasteiger partial charge < -0.3 is 4.90 Å². The number of hydrogen-bond donors (Lipinski definition) is 0. The summed E-state index contributed by atoms with van der Waals surface area (Å²) in [7, 11) is 1.84. The Morgan fingerprint density at radius 2 is 2.20 bits per heavy atom. The normalized spacial score (nSPS) is 15.1. The van der Waals surface area contributed by atoms with E-state index in [1.807, 2.05) is 7.05 Å². The Labute approximate surface area is 102 Å².